The highest BCUT2D eigenvalue weighted by molar-refractivity contribution is 6.30. The average molecular weight is 373 g/mol. The Morgan fingerprint density at radius 3 is 2.00 bits per heavy atom. The predicted octanol–water partition coefficient (Wildman–Crippen LogP) is 3.23. The molecule has 140 valence electrons. The van der Waals surface area contributed by atoms with Crippen LogP contribution in [0, 0.1) is 6.92 Å². The largest absolute Gasteiger partial charge is 0.507 e. The van der Waals surface area contributed by atoms with Crippen LogP contribution in [0.4, 0.5) is 0 Å². The van der Waals surface area contributed by atoms with Gasteiger partial charge in [0, 0.05) is 29.7 Å². The lowest BCUT2D eigenvalue weighted by Gasteiger charge is -2.23. The Hall–Kier alpha value is -3.44. The summed E-state index contributed by atoms with van der Waals surface area (Å²) >= 11 is 0. The molecule has 0 amide bonds. The Balaban J connectivity index is 1.91. The molecule has 0 radical (unpaired) electrons. The molecule has 0 aliphatic heterocycles. The molecule has 0 spiro atoms. The fraction of sp³-hybridized carbons (Fsp3) is 0.130. The minimum Gasteiger partial charge on any atom is -0.507 e. The number of carbonyl (C=O) groups excluding carboxylic acids is 2. The SMILES string of the molecule is Cc1c(O)c2c(c(O)c1Cc1cccc(CN)c1)C(=O)c1ccccc1C2=O. The molecule has 0 unspecified atom stereocenters. The zero-order valence-electron chi connectivity index (χ0n) is 15.3. The third kappa shape index (κ3) is 2.60. The Bertz CT molecular complexity index is 1150. The number of phenols is 2. The van der Waals surface area contributed by atoms with Gasteiger partial charge >= 0.3 is 0 Å². The first-order valence-corrected chi connectivity index (χ1v) is 8.97. The van der Waals surface area contributed by atoms with Gasteiger partial charge in [0.15, 0.2) is 11.6 Å². The van der Waals surface area contributed by atoms with Crippen molar-refractivity contribution in [3.63, 3.8) is 0 Å². The molecule has 0 aromatic heterocycles. The Morgan fingerprint density at radius 2 is 1.39 bits per heavy atom. The molecule has 0 heterocycles. The molecule has 5 nitrogen and oxygen atoms in total. The van der Waals surface area contributed by atoms with E-state index >= 15 is 0 Å². The van der Waals surface area contributed by atoms with Gasteiger partial charge in [0.05, 0.1) is 11.1 Å². The number of phenolic OH excluding ortho intramolecular Hbond substituents is 2. The third-order valence-electron chi connectivity index (χ3n) is 5.30. The summed E-state index contributed by atoms with van der Waals surface area (Å²) < 4.78 is 0. The Morgan fingerprint density at radius 1 is 0.821 bits per heavy atom. The molecular weight excluding hydrogens is 354 g/mol. The van der Waals surface area contributed by atoms with E-state index in [0.717, 1.165) is 11.1 Å². The number of nitrogens with two attached hydrogens (primary N) is 1. The highest BCUT2D eigenvalue weighted by Crippen LogP contribution is 2.43. The standard InChI is InChI=1S/C23H19NO4/c1-12-17(10-13-5-4-6-14(9-13)11-24)23(28)19-18(20(12)25)21(26)15-7-2-3-8-16(15)22(19)27/h2-9,25,28H,10-11,24H2,1H3. The van der Waals surface area contributed by atoms with Crippen LogP contribution in [0.1, 0.15) is 54.1 Å². The number of hydrogen-bond donors (Lipinski definition) is 3. The van der Waals surface area contributed by atoms with Crippen LogP contribution >= 0.6 is 0 Å². The van der Waals surface area contributed by atoms with Crippen molar-refractivity contribution >= 4 is 11.6 Å². The van der Waals surface area contributed by atoms with Crippen LogP contribution in [0.2, 0.25) is 0 Å². The van der Waals surface area contributed by atoms with E-state index in [4.69, 9.17) is 5.73 Å². The van der Waals surface area contributed by atoms with E-state index in [1.807, 2.05) is 24.3 Å². The summed E-state index contributed by atoms with van der Waals surface area (Å²) in [6.07, 6.45) is 0.301. The number of benzene rings is 3. The molecule has 0 saturated heterocycles. The van der Waals surface area contributed by atoms with Crippen LogP contribution in [0.25, 0.3) is 0 Å². The van der Waals surface area contributed by atoms with Gasteiger partial charge in [-0.3, -0.25) is 9.59 Å². The summed E-state index contributed by atoms with van der Waals surface area (Å²) in [5.74, 6) is -1.44. The lowest BCUT2D eigenvalue weighted by atomic mass is 9.80. The van der Waals surface area contributed by atoms with E-state index in [1.165, 1.54) is 0 Å². The number of ketones is 2. The molecule has 0 saturated carbocycles. The van der Waals surface area contributed by atoms with E-state index in [0.29, 0.717) is 24.1 Å². The van der Waals surface area contributed by atoms with Crippen molar-refractivity contribution < 1.29 is 19.8 Å². The first-order chi connectivity index (χ1) is 13.4. The summed E-state index contributed by atoms with van der Waals surface area (Å²) in [6.45, 7) is 2.02. The van der Waals surface area contributed by atoms with Crippen molar-refractivity contribution in [3.8, 4) is 11.5 Å². The summed E-state index contributed by atoms with van der Waals surface area (Å²) in [7, 11) is 0. The minimum atomic E-state index is -0.463. The van der Waals surface area contributed by atoms with E-state index in [1.54, 1.807) is 31.2 Å². The van der Waals surface area contributed by atoms with Gasteiger partial charge in [0.2, 0.25) is 0 Å². The maximum absolute atomic E-state index is 13.0. The molecule has 3 aromatic carbocycles. The van der Waals surface area contributed by atoms with Crippen molar-refractivity contribution in [3.05, 3.63) is 93.0 Å². The molecule has 0 fully saturated rings. The first kappa shape index (κ1) is 17.9. The van der Waals surface area contributed by atoms with Gasteiger partial charge in [-0.2, -0.15) is 0 Å². The number of carbonyl (C=O) groups is 2. The van der Waals surface area contributed by atoms with Crippen LogP contribution < -0.4 is 5.73 Å². The van der Waals surface area contributed by atoms with Crippen LogP contribution in [-0.2, 0) is 13.0 Å². The van der Waals surface area contributed by atoms with Crippen molar-refractivity contribution in [1.29, 1.82) is 0 Å². The molecule has 28 heavy (non-hydrogen) atoms. The summed E-state index contributed by atoms with van der Waals surface area (Å²) in [4.78, 5) is 25.9. The summed E-state index contributed by atoms with van der Waals surface area (Å²) in [5.41, 5.74) is 8.54. The second-order valence-electron chi connectivity index (χ2n) is 6.96. The molecule has 0 atom stereocenters. The van der Waals surface area contributed by atoms with Crippen molar-refractivity contribution in [2.75, 3.05) is 0 Å². The van der Waals surface area contributed by atoms with Crippen molar-refractivity contribution in [1.82, 2.24) is 0 Å². The van der Waals surface area contributed by atoms with Gasteiger partial charge in [0.1, 0.15) is 11.5 Å². The quantitative estimate of drug-likeness (QED) is 0.479. The van der Waals surface area contributed by atoms with Crippen molar-refractivity contribution in [2.24, 2.45) is 5.73 Å². The Labute approximate surface area is 162 Å². The van der Waals surface area contributed by atoms with Crippen LogP contribution in [-0.4, -0.2) is 21.8 Å². The maximum Gasteiger partial charge on any atom is 0.198 e. The van der Waals surface area contributed by atoms with Crippen LogP contribution in [0.15, 0.2) is 48.5 Å². The molecule has 4 rings (SSSR count). The second kappa shape index (κ2) is 6.62. The van der Waals surface area contributed by atoms with Gasteiger partial charge in [-0.1, -0.05) is 48.5 Å². The third-order valence-corrected chi connectivity index (χ3v) is 5.30. The van der Waals surface area contributed by atoms with Crippen LogP contribution in [0.5, 0.6) is 11.5 Å². The smallest absolute Gasteiger partial charge is 0.198 e. The second-order valence-corrected chi connectivity index (χ2v) is 6.96. The van der Waals surface area contributed by atoms with E-state index in [2.05, 4.69) is 0 Å². The summed E-state index contributed by atoms with van der Waals surface area (Å²) in [6, 6.07) is 14.0. The highest BCUT2D eigenvalue weighted by atomic mass is 16.3. The zero-order chi connectivity index (χ0) is 20.0. The molecule has 3 aromatic rings. The normalized spacial score (nSPS) is 12.6. The molecule has 1 aliphatic rings. The number of hydrogen-bond acceptors (Lipinski definition) is 5. The topological polar surface area (TPSA) is 101 Å². The van der Waals surface area contributed by atoms with E-state index in [9.17, 15) is 19.8 Å². The van der Waals surface area contributed by atoms with E-state index < -0.39 is 11.6 Å². The fourth-order valence-electron chi connectivity index (χ4n) is 3.77. The first-order valence-electron chi connectivity index (χ1n) is 8.97. The predicted molar refractivity (Wildman–Crippen MR) is 105 cm³/mol. The molecule has 1 aliphatic carbocycles. The molecule has 5 heteroatoms. The van der Waals surface area contributed by atoms with Gasteiger partial charge in [-0.15, -0.1) is 0 Å². The molecule has 0 bridgehead atoms. The highest BCUT2D eigenvalue weighted by Gasteiger charge is 2.36. The zero-order valence-corrected chi connectivity index (χ0v) is 15.3. The number of fused-ring (bicyclic) bond motifs is 2. The molecular formula is C23H19NO4. The van der Waals surface area contributed by atoms with E-state index in [-0.39, 0.29) is 33.8 Å². The van der Waals surface area contributed by atoms with Gasteiger partial charge < -0.3 is 15.9 Å². The maximum atomic E-state index is 13.0. The summed E-state index contributed by atoms with van der Waals surface area (Å²) in [5, 5.41) is 21.7. The Kier molecular flexibility index (Phi) is 4.24. The van der Waals surface area contributed by atoms with Gasteiger partial charge in [-0.05, 0) is 23.6 Å². The molecule has 4 N–H and O–H groups in total. The van der Waals surface area contributed by atoms with Crippen molar-refractivity contribution in [2.45, 2.75) is 19.9 Å². The minimum absolute atomic E-state index is 0.127. The lowest BCUT2D eigenvalue weighted by molar-refractivity contribution is 0.0974. The number of aromatic hydroxyl groups is 2. The lowest BCUT2D eigenvalue weighted by Crippen LogP contribution is -2.22. The van der Waals surface area contributed by atoms with Gasteiger partial charge in [-0.25, -0.2) is 0 Å². The number of rotatable bonds is 3. The average Bonchev–Trinajstić information content (AvgIpc) is 2.72. The monoisotopic (exact) mass is 373 g/mol. The van der Waals surface area contributed by atoms with Gasteiger partial charge in [0.25, 0.3) is 0 Å². The van der Waals surface area contributed by atoms with Crippen LogP contribution in [0.3, 0.4) is 0 Å². The fourth-order valence-corrected chi connectivity index (χ4v) is 3.77.